The Kier molecular flexibility index (Phi) is 6.10. The number of nitrogens with one attached hydrogen (secondary N) is 1. The van der Waals surface area contributed by atoms with Gasteiger partial charge in [0.25, 0.3) is 11.1 Å². The van der Waals surface area contributed by atoms with Crippen LogP contribution in [0.25, 0.3) is 28.2 Å². The molecule has 3 aromatic rings. The maximum atomic E-state index is 11.9. The Morgan fingerprint density at radius 3 is 2.50 bits per heavy atom. The summed E-state index contributed by atoms with van der Waals surface area (Å²) in [5, 5.41) is 2.85. The summed E-state index contributed by atoms with van der Waals surface area (Å²) in [5.41, 5.74) is 6.03. The zero-order valence-electron chi connectivity index (χ0n) is 19.5. The number of nitrogens with zero attached hydrogens (tertiary/aromatic N) is 4. The van der Waals surface area contributed by atoms with Crippen LogP contribution < -0.4 is 10.2 Å². The molecule has 34 heavy (non-hydrogen) atoms. The molecule has 0 radical (unpaired) electrons. The van der Waals surface area contributed by atoms with Crippen molar-refractivity contribution in [2.75, 3.05) is 31.1 Å². The van der Waals surface area contributed by atoms with Gasteiger partial charge in [-0.25, -0.2) is 9.97 Å². The number of rotatable bonds is 4. The summed E-state index contributed by atoms with van der Waals surface area (Å²) in [6.07, 6.45) is 3.31. The third-order valence-electron chi connectivity index (χ3n) is 6.45. The van der Waals surface area contributed by atoms with Crippen molar-refractivity contribution >= 4 is 45.6 Å². The van der Waals surface area contributed by atoms with Crippen LogP contribution in [-0.4, -0.2) is 58.2 Å². The zero-order chi connectivity index (χ0) is 23.8. The SMILES string of the molecule is Cc1cc(-c2ncnc3ccc(C=C4SC(=O)NC4=O)cc23)ccc1N1CCN(C(C)C)CC1. The van der Waals surface area contributed by atoms with Crippen molar-refractivity contribution in [1.82, 2.24) is 20.2 Å². The molecule has 2 saturated heterocycles. The highest BCUT2D eigenvalue weighted by Gasteiger charge is 2.25. The molecule has 2 aliphatic rings. The van der Waals surface area contributed by atoms with Gasteiger partial charge in [0, 0.05) is 48.9 Å². The van der Waals surface area contributed by atoms with Gasteiger partial charge in [0.15, 0.2) is 0 Å². The number of aryl methyl sites for hydroxylation is 1. The Bertz CT molecular complexity index is 1310. The molecule has 0 bridgehead atoms. The van der Waals surface area contributed by atoms with Crippen molar-refractivity contribution in [3.05, 3.63) is 58.8 Å². The number of amides is 2. The Morgan fingerprint density at radius 2 is 1.82 bits per heavy atom. The summed E-state index contributed by atoms with van der Waals surface area (Å²) in [7, 11) is 0. The van der Waals surface area contributed by atoms with Gasteiger partial charge in [0.05, 0.1) is 16.1 Å². The van der Waals surface area contributed by atoms with E-state index >= 15 is 0 Å². The molecule has 2 aromatic carbocycles. The van der Waals surface area contributed by atoms with Crippen molar-refractivity contribution in [3.63, 3.8) is 0 Å². The first-order chi connectivity index (χ1) is 16.4. The topological polar surface area (TPSA) is 78.4 Å². The zero-order valence-corrected chi connectivity index (χ0v) is 20.4. The highest BCUT2D eigenvalue weighted by atomic mass is 32.2. The van der Waals surface area contributed by atoms with Crippen LogP contribution in [0.3, 0.4) is 0 Å². The molecule has 5 rings (SSSR count). The van der Waals surface area contributed by atoms with E-state index < -0.39 is 0 Å². The molecule has 0 spiro atoms. The van der Waals surface area contributed by atoms with Crippen molar-refractivity contribution in [2.45, 2.75) is 26.8 Å². The van der Waals surface area contributed by atoms with Crippen molar-refractivity contribution < 1.29 is 9.59 Å². The fourth-order valence-corrected chi connectivity index (χ4v) is 5.29. The van der Waals surface area contributed by atoms with Crippen LogP contribution in [0.1, 0.15) is 25.0 Å². The predicted octanol–water partition coefficient (Wildman–Crippen LogP) is 4.46. The quantitative estimate of drug-likeness (QED) is 0.561. The highest BCUT2D eigenvalue weighted by Crippen LogP contribution is 2.32. The van der Waals surface area contributed by atoms with Crippen LogP contribution >= 0.6 is 11.8 Å². The minimum Gasteiger partial charge on any atom is -0.369 e. The van der Waals surface area contributed by atoms with Gasteiger partial charge in [-0.1, -0.05) is 12.1 Å². The molecule has 2 aliphatic heterocycles. The highest BCUT2D eigenvalue weighted by molar-refractivity contribution is 8.18. The molecule has 0 unspecified atom stereocenters. The molecule has 7 nitrogen and oxygen atoms in total. The molecule has 0 saturated carbocycles. The molecule has 1 aromatic heterocycles. The largest absolute Gasteiger partial charge is 0.369 e. The average Bonchev–Trinajstić information content (AvgIpc) is 3.15. The third-order valence-corrected chi connectivity index (χ3v) is 7.27. The van der Waals surface area contributed by atoms with E-state index in [-0.39, 0.29) is 11.1 Å². The summed E-state index contributed by atoms with van der Waals surface area (Å²) in [6.45, 7) is 10.9. The maximum Gasteiger partial charge on any atom is 0.290 e. The van der Waals surface area contributed by atoms with Gasteiger partial charge in [0.2, 0.25) is 0 Å². The number of carbonyl (C=O) groups is 2. The first-order valence-corrected chi connectivity index (χ1v) is 12.3. The lowest BCUT2D eigenvalue weighted by atomic mass is 10.0. The van der Waals surface area contributed by atoms with Gasteiger partial charge in [-0.15, -0.1) is 0 Å². The van der Waals surface area contributed by atoms with Crippen LogP contribution in [0.2, 0.25) is 0 Å². The van der Waals surface area contributed by atoms with E-state index in [9.17, 15) is 9.59 Å². The van der Waals surface area contributed by atoms with E-state index in [1.807, 2.05) is 18.2 Å². The van der Waals surface area contributed by atoms with E-state index in [1.165, 1.54) is 11.3 Å². The number of thioether (sulfide) groups is 1. The molecule has 1 N–H and O–H groups in total. The van der Waals surface area contributed by atoms with Gasteiger partial charge < -0.3 is 4.90 Å². The summed E-state index contributed by atoms with van der Waals surface area (Å²) in [4.78, 5) is 37.8. The first kappa shape index (κ1) is 22.6. The van der Waals surface area contributed by atoms with E-state index in [1.54, 1.807) is 12.4 Å². The fourth-order valence-electron chi connectivity index (χ4n) is 4.60. The Hall–Kier alpha value is -3.23. The van der Waals surface area contributed by atoms with Gasteiger partial charge >= 0.3 is 0 Å². The van der Waals surface area contributed by atoms with Gasteiger partial charge in [-0.3, -0.25) is 19.8 Å². The van der Waals surface area contributed by atoms with Crippen LogP contribution in [0.15, 0.2) is 47.6 Å². The van der Waals surface area contributed by atoms with Gasteiger partial charge in [-0.05, 0) is 74.0 Å². The van der Waals surface area contributed by atoms with E-state index in [4.69, 9.17) is 0 Å². The molecular weight excluding hydrogens is 446 g/mol. The van der Waals surface area contributed by atoms with Crippen molar-refractivity contribution in [1.29, 1.82) is 0 Å². The summed E-state index contributed by atoms with van der Waals surface area (Å²) >= 11 is 0.916. The number of imide groups is 1. The smallest absolute Gasteiger partial charge is 0.290 e. The lowest BCUT2D eigenvalue weighted by Crippen LogP contribution is -2.49. The Morgan fingerprint density at radius 1 is 1.03 bits per heavy atom. The molecular formula is C26H27N5O2S. The number of anilines is 1. The van der Waals surface area contributed by atoms with Crippen LogP contribution in [0.5, 0.6) is 0 Å². The number of hydrogen-bond donors (Lipinski definition) is 1. The fraction of sp³-hybridized carbons (Fsp3) is 0.308. The number of piperazine rings is 1. The standard InChI is InChI=1S/C26H27N5O2S/c1-16(2)30-8-10-31(11-9-30)22-7-5-19(12-17(22)3)24-20-13-18(4-6-21(20)27-15-28-24)14-23-25(32)29-26(33)34-23/h4-7,12-16H,8-11H2,1-3H3,(H,29,32,33). The van der Waals surface area contributed by atoms with E-state index in [0.29, 0.717) is 10.9 Å². The number of benzene rings is 2. The number of carbonyl (C=O) groups excluding carboxylic acids is 2. The van der Waals surface area contributed by atoms with Gasteiger partial charge in [-0.2, -0.15) is 0 Å². The lowest BCUT2D eigenvalue weighted by molar-refractivity contribution is -0.115. The summed E-state index contributed by atoms with van der Waals surface area (Å²) < 4.78 is 0. The molecule has 0 atom stereocenters. The number of hydrogen-bond acceptors (Lipinski definition) is 7. The second kappa shape index (κ2) is 9.19. The van der Waals surface area contributed by atoms with Crippen molar-refractivity contribution in [3.8, 4) is 11.3 Å². The Balaban J connectivity index is 1.46. The van der Waals surface area contributed by atoms with Gasteiger partial charge in [0.1, 0.15) is 6.33 Å². The average molecular weight is 474 g/mol. The second-order valence-corrected chi connectivity index (χ2v) is 9.98. The van der Waals surface area contributed by atoms with Crippen molar-refractivity contribution in [2.24, 2.45) is 0 Å². The van der Waals surface area contributed by atoms with E-state index in [0.717, 1.165) is 65.7 Å². The lowest BCUT2D eigenvalue weighted by Gasteiger charge is -2.38. The summed E-state index contributed by atoms with van der Waals surface area (Å²) in [5.74, 6) is -0.361. The molecule has 8 heteroatoms. The molecule has 2 fully saturated rings. The minimum atomic E-state index is -0.361. The Labute approximate surface area is 203 Å². The molecule has 3 heterocycles. The monoisotopic (exact) mass is 473 g/mol. The first-order valence-electron chi connectivity index (χ1n) is 11.5. The molecule has 174 valence electrons. The van der Waals surface area contributed by atoms with Crippen LogP contribution in [0.4, 0.5) is 10.5 Å². The third kappa shape index (κ3) is 4.43. The van der Waals surface area contributed by atoms with E-state index in [2.05, 4.69) is 64.1 Å². The van der Waals surface area contributed by atoms with Crippen LogP contribution in [0, 0.1) is 6.92 Å². The minimum absolute atomic E-state index is 0.345. The second-order valence-electron chi connectivity index (χ2n) is 8.97. The number of fused-ring (bicyclic) bond motifs is 1. The predicted molar refractivity (Wildman–Crippen MR) is 138 cm³/mol. The molecule has 2 amide bonds. The maximum absolute atomic E-state index is 11.9. The number of aromatic nitrogens is 2. The molecule has 0 aliphatic carbocycles. The van der Waals surface area contributed by atoms with Crippen LogP contribution in [-0.2, 0) is 4.79 Å². The normalized spacial score (nSPS) is 18.4. The summed E-state index contributed by atoms with van der Waals surface area (Å²) in [6, 6.07) is 12.9.